The van der Waals surface area contributed by atoms with Gasteiger partial charge in [0.1, 0.15) is 6.10 Å². The number of carbonyl (C=O) groups is 1. The molecule has 0 bridgehead atoms. The van der Waals surface area contributed by atoms with E-state index in [1.54, 1.807) is 0 Å². The van der Waals surface area contributed by atoms with E-state index in [1.807, 2.05) is 30.3 Å². The molecule has 0 aromatic heterocycles. The molecule has 23 heavy (non-hydrogen) atoms. The van der Waals surface area contributed by atoms with Crippen LogP contribution in [0.25, 0.3) is 0 Å². The van der Waals surface area contributed by atoms with Crippen LogP contribution in [-0.4, -0.2) is 24.2 Å². The monoisotopic (exact) mass is 314 g/mol. The summed E-state index contributed by atoms with van der Waals surface area (Å²) < 4.78 is 5.25. The minimum atomic E-state index is -0.709. The number of hydrogen-bond donors (Lipinski definition) is 0. The molecule has 0 aliphatic heterocycles. The standard InChI is InChI=1S/C16H14N2O5/c1-22-15(12-5-3-2-4-6-12)11-17-23-16(19)13-7-9-14(10-8-13)18(20)21/h2-11,15H,1H3. The van der Waals surface area contributed by atoms with Crippen LogP contribution in [0.3, 0.4) is 0 Å². The van der Waals surface area contributed by atoms with E-state index in [1.165, 1.54) is 37.6 Å². The Kier molecular flexibility index (Phi) is 5.54. The normalized spacial score (nSPS) is 12.0. The molecule has 0 saturated heterocycles. The van der Waals surface area contributed by atoms with Crippen molar-refractivity contribution in [3.63, 3.8) is 0 Å². The predicted molar refractivity (Wildman–Crippen MR) is 83.2 cm³/mol. The molecule has 0 amide bonds. The van der Waals surface area contributed by atoms with Crippen LogP contribution in [0.2, 0.25) is 0 Å². The van der Waals surface area contributed by atoms with Crippen molar-refractivity contribution in [2.75, 3.05) is 7.11 Å². The molecule has 2 rings (SSSR count). The van der Waals surface area contributed by atoms with Crippen LogP contribution >= 0.6 is 0 Å². The summed E-state index contributed by atoms with van der Waals surface area (Å²) in [5.74, 6) is -0.709. The van der Waals surface area contributed by atoms with E-state index in [-0.39, 0.29) is 11.3 Å². The fourth-order valence-electron chi connectivity index (χ4n) is 1.83. The summed E-state index contributed by atoms with van der Waals surface area (Å²) in [4.78, 5) is 26.6. The summed E-state index contributed by atoms with van der Waals surface area (Å²) in [5.41, 5.74) is 0.931. The minimum absolute atomic E-state index is 0.103. The van der Waals surface area contributed by atoms with Crippen LogP contribution < -0.4 is 0 Å². The lowest BCUT2D eigenvalue weighted by Crippen LogP contribution is -2.05. The summed E-state index contributed by atoms with van der Waals surface area (Å²) in [6, 6.07) is 14.4. The van der Waals surface area contributed by atoms with Gasteiger partial charge in [-0.3, -0.25) is 10.1 Å². The fraction of sp³-hybridized carbons (Fsp3) is 0.125. The summed E-state index contributed by atoms with van der Waals surface area (Å²) >= 11 is 0. The van der Waals surface area contributed by atoms with Crippen molar-refractivity contribution in [3.05, 3.63) is 75.8 Å². The smallest absolute Gasteiger partial charge is 0.365 e. The van der Waals surface area contributed by atoms with Crippen molar-refractivity contribution in [1.29, 1.82) is 0 Å². The number of oxime groups is 1. The largest absolute Gasteiger partial charge is 0.371 e. The summed E-state index contributed by atoms with van der Waals surface area (Å²) in [6.07, 6.45) is 0.916. The van der Waals surface area contributed by atoms with Crippen molar-refractivity contribution >= 4 is 17.9 Å². The fourth-order valence-corrected chi connectivity index (χ4v) is 1.83. The lowest BCUT2D eigenvalue weighted by atomic mass is 10.1. The quantitative estimate of drug-likeness (QED) is 0.353. The van der Waals surface area contributed by atoms with Crippen molar-refractivity contribution in [2.24, 2.45) is 5.16 Å². The number of non-ortho nitro benzene ring substituents is 1. The number of carbonyl (C=O) groups excluding carboxylic acids is 1. The lowest BCUT2D eigenvalue weighted by molar-refractivity contribution is -0.384. The number of rotatable bonds is 6. The average Bonchev–Trinajstić information content (AvgIpc) is 2.59. The predicted octanol–water partition coefficient (Wildman–Crippen LogP) is 3.13. The van der Waals surface area contributed by atoms with Crippen molar-refractivity contribution < 1.29 is 19.3 Å². The first kappa shape index (κ1) is 16.3. The Morgan fingerprint density at radius 2 is 1.83 bits per heavy atom. The van der Waals surface area contributed by atoms with E-state index in [9.17, 15) is 14.9 Å². The number of ether oxygens (including phenoxy) is 1. The third kappa shape index (κ3) is 4.45. The van der Waals surface area contributed by atoms with Crippen molar-refractivity contribution in [2.45, 2.75) is 6.10 Å². The molecule has 0 spiro atoms. The Bertz CT molecular complexity index is 698. The maximum absolute atomic E-state index is 11.8. The zero-order chi connectivity index (χ0) is 16.7. The molecule has 0 radical (unpaired) electrons. The highest BCUT2D eigenvalue weighted by atomic mass is 16.7. The Labute approximate surface area is 132 Å². The number of nitro groups is 1. The van der Waals surface area contributed by atoms with Gasteiger partial charge in [0.15, 0.2) is 0 Å². The molecule has 7 heteroatoms. The van der Waals surface area contributed by atoms with Crippen LogP contribution in [0.4, 0.5) is 5.69 Å². The first-order valence-electron chi connectivity index (χ1n) is 6.69. The van der Waals surface area contributed by atoms with Gasteiger partial charge in [-0.05, 0) is 17.7 Å². The zero-order valence-electron chi connectivity index (χ0n) is 12.3. The molecule has 0 saturated carbocycles. The number of benzene rings is 2. The van der Waals surface area contributed by atoms with Crippen molar-refractivity contribution in [3.8, 4) is 0 Å². The number of nitrogens with zero attached hydrogens (tertiary/aromatic N) is 2. The van der Waals surface area contributed by atoms with Crippen LogP contribution in [0.15, 0.2) is 59.8 Å². The number of methoxy groups -OCH3 is 1. The molecule has 2 aromatic rings. The molecule has 0 aliphatic carbocycles. The van der Waals surface area contributed by atoms with Gasteiger partial charge in [-0.25, -0.2) is 4.79 Å². The third-order valence-corrected chi connectivity index (χ3v) is 3.03. The summed E-state index contributed by atoms with van der Waals surface area (Å²) in [5, 5.41) is 14.2. The second kappa shape index (κ2) is 7.81. The maximum Gasteiger partial charge on any atom is 0.365 e. The summed E-state index contributed by atoms with van der Waals surface area (Å²) in [6.45, 7) is 0. The molecule has 1 unspecified atom stereocenters. The van der Waals surface area contributed by atoms with Gasteiger partial charge >= 0.3 is 5.97 Å². The summed E-state index contributed by atoms with van der Waals surface area (Å²) in [7, 11) is 1.52. The third-order valence-electron chi connectivity index (χ3n) is 3.03. The first-order chi connectivity index (χ1) is 11.1. The molecule has 1 atom stereocenters. The Balaban J connectivity index is 1.98. The average molecular weight is 314 g/mol. The van der Waals surface area contributed by atoms with Crippen LogP contribution in [0.1, 0.15) is 22.0 Å². The highest BCUT2D eigenvalue weighted by Crippen LogP contribution is 2.15. The highest BCUT2D eigenvalue weighted by molar-refractivity contribution is 5.89. The van der Waals surface area contributed by atoms with Crippen molar-refractivity contribution in [1.82, 2.24) is 0 Å². The van der Waals surface area contributed by atoms with Gasteiger partial charge in [0.05, 0.1) is 16.7 Å². The topological polar surface area (TPSA) is 91.0 Å². The second-order valence-electron chi connectivity index (χ2n) is 4.50. The molecule has 2 aromatic carbocycles. The molecule has 0 fully saturated rings. The molecule has 0 heterocycles. The molecule has 0 aliphatic rings. The number of hydrogen-bond acceptors (Lipinski definition) is 6. The van der Waals surface area contributed by atoms with Gasteiger partial charge in [-0.1, -0.05) is 35.5 Å². The van der Waals surface area contributed by atoms with Gasteiger partial charge in [0, 0.05) is 19.2 Å². The van der Waals surface area contributed by atoms with E-state index >= 15 is 0 Å². The van der Waals surface area contributed by atoms with Gasteiger partial charge < -0.3 is 9.57 Å². The Morgan fingerprint density at radius 1 is 1.17 bits per heavy atom. The van der Waals surface area contributed by atoms with E-state index in [2.05, 4.69) is 5.16 Å². The van der Waals surface area contributed by atoms with Gasteiger partial charge in [-0.2, -0.15) is 0 Å². The van der Waals surface area contributed by atoms with Crippen LogP contribution in [0.5, 0.6) is 0 Å². The van der Waals surface area contributed by atoms with Crippen LogP contribution in [0, 0.1) is 10.1 Å². The zero-order valence-corrected chi connectivity index (χ0v) is 12.3. The van der Waals surface area contributed by atoms with E-state index in [0.29, 0.717) is 0 Å². The van der Waals surface area contributed by atoms with Crippen LogP contribution in [-0.2, 0) is 9.57 Å². The van der Waals surface area contributed by atoms with E-state index in [4.69, 9.17) is 9.57 Å². The maximum atomic E-state index is 11.8. The highest BCUT2D eigenvalue weighted by Gasteiger charge is 2.11. The SMILES string of the molecule is COC(C=NOC(=O)c1ccc([N+](=O)[O-])cc1)c1ccccc1. The molecule has 7 nitrogen and oxygen atoms in total. The molecule has 0 N–H and O–H groups in total. The van der Waals surface area contributed by atoms with Gasteiger partial charge in [-0.15, -0.1) is 0 Å². The lowest BCUT2D eigenvalue weighted by Gasteiger charge is -2.09. The Hall–Kier alpha value is -3.06. The molecular formula is C16H14N2O5. The molecule has 118 valence electrons. The van der Waals surface area contributed by atoms with E-state index < -0.39 is 17.0 Å². The number of nitro benzene ring substituents is 1. The van der Waals surface area contributed by atoms with E-state index in [0.717, 1.165) is 5.56 Å². The molecular weight excluding hydrogens is 300 g/mol. The minimum Gasteiger partial charge on any atom is -0.371 e. The van der Waals surface area contributed by atoms with Gasteiger partial charge in [0.2, 0.25) is 0 Å². The Morgan fingerprint density at radius 3 is 2.39 bits per heavy atom. The first-order valence-corrected chi connectivity index (χ1v) is 6.69. The second-order valence-corrected chi connectivity index (χ2v) is 4.50. The van der Waals surface area contributed by atoms with Gasteiger partial charge in [0.25, 0.3) is 5.69 Å².